The topological polar surface area (TPSA) is 80.6 Å². The van der Waals surface area contributed by atoms with Crippen LogP contribution in [0.15, 0.2) is 35.3 Å². The molecule has 0 aliphatic rings. The van der Waals surface area contributed by atoms with Gasteiger partial charge in [-0.15, -0.1) is 0 Å². The standard InChI is InChI=1S/C37H43F8N3O4/c1-9-52-30(50)17-27(32-33(38)24(15-26(34(32)39)37(43,44)45)31-21(5)11-10-20(4)22(31)6)46-35(51)28(14-19(2)3)48-18-23(12-13-47(7)8)25(16-29(48)49)36(40,41)42/h10-11,15-16,18-19,27-28H,9,12-14,17H2,1-8H3,(H,46,51)/t27-,28?/m0/s1. The van der Waals surface area contributed by atoms with Gasteiger partial charge in [0, 0.05) is 29.9 Å². The Labute approximate surface area is 297 Å². The highest BCUT2D eigenvalue weighted by molar-refractivity contribution is 5.82. The molecule has 3 rings (SSSR count). The van der Waals surface area contributed by atoms with Gasteiger partial charge in [-0.3, -0.25) is 14.4 Å². The average Bonchev–Trinajstić information content (AvgIpc) is 3.01. The Bertz CT molecular complexity index is 1850. The summed E-state index contributed by atoms with van der Waals surface area (Å²) in [5.41, 5.74) is -5.09. The van der Waals surface area contributed by atoms with Crippen molar-refractivity contribution in [2.24, 2.45) is 5.92 Å². The maximum Gasteiger partial charge on any atom is 0.419 e. The second-order valence-corrected chi connectivity index (χ2v) is 13.4. The predicted molar refractivity (Wildman–Crippen MR) is 180 cm³/mol. The van der Waals surface area contributed by atoms with E-state index in [4.69, 9.17) is 4.74 Å². The first kappa shape index (κ1) is 42.1. The van der Waals surface area contributed by atoms with Crippen LogP contribution in [-0.2, 0) is 33.1 Å². The van der Waals surface area contributed by atoms with Crippen molar-refractivity contribution < 1.29 is 49.4 Å². The van der Waals surface area contributed by atoms with Gasteiger partial charge in [0.25, 0.3) is 5.56 Å². The number of ether oxygens (including phenoxy) is 1. The number of alkyl halides is 6. The van der Waals surface area contributed by atoms with Crippen molar-refractivity contribution in [3.63, 3.8) is 0 Å². The summed E-state index contributed by atoms with van der Waals surface area (Å²) in [7, 11) is 3.25. The quantitative estimate of drug-likeness (QED) is 0.141. The van der Waals surface area contributed by atoms with Crippen molar-refractivity contribution >= 4 is 11.9 Å². The Morgan fingerprint density at radius 1 is 0.923 bits per heavy atom. The fourth-order valence-corrected chi connectivity index (χ4v) is 6.03. The minimum Gasteiger partial charge on any atom is -0.466 e. The van der Waals surface area contributed by atoms with Crippen LogP contribution < -0.4 is 10.9 Å². The number of aromatic nitrogens is 1. The largest absolute Gasteiger partial charge is 0.466 e. The van der Waals surface area contributed by atoms with Crippen LogP contribution in [0.25, 0.3) is 11.1 Å². The molecule has 7 nitrogen and oxygen atoms in total. The number of aryl methyl sites for hydroxylation is 2. The normalized spacial score (nSPS) is 13.4. The summed E-state index contributed by atoms with van der Waals surface area (Å²) >= 11 is 0. The molecule has 286 valence electrons. The van der Waals surface area contributed by atoms with E-state index in [1.54, 1.807) is 58.8 Å². The summed E-state index contributed by atoms with van der Waals surface area (Å²) in [4.78, 5) is 41.7. The van der Waals surface area contributed by atoms with Crippen molar-refractivity contribution in [2.75, 3.05) is 27.2 Å². The molecule has 0 saturated carbocycles. The van der Waals surface area contributed by atoms with Crippen LogP contribution in [0.5, 0.6) is 0 Å². The monoisotopic (exact) mass is 745 g/mol. The molecule has 52 heavy (non-hydrogen) atoms. The van der Waals surface area contributed by atoms with Crippen molar-refractivity contribution in [3.8, 4) is 11.1 Å². The number of carbonyl (C=O) groups is 2. The third-order valence-corrected chi connectivity index (χ3v) is 8.72. The number of halogens is 8. The number of amides is 1. The maximum absolute atomic E-state index is 16.7. The second kappa shape index (κ2) is 16.6. The number of nitrogens with zero attached hydrogens (tertiary/aromatic N) is 2. The maximum atomic E-state index is 16.7. The van der Waals surface area contributed by atoms with Gasteiger partial charge in [-0.05, 0) is 94.4 Å². The van der Waals surface area contributed by atoms with Crippen molar-refractivity contribution in [1.29, 1.82) is 0 Å². The fraction of sp³-hybridized carbons (Fsp3) is 0.486. The lowest BCUT2D eigenvalue weighted by molar-refractivity contribution is -0.144. The van der Waals surface area contributed by atoms with Gasteiger partial charge in [0.1, 0.15) is 17.7 Å². The van der Waals surface area contributed by atoms with E-state index in [1.165, 1.54) is 13.8 Å². The Morgan fingerprint density at radius 3 is 2.06 bits per heavy atom. The zero-order chi connectivity index (χ0) is 39.5. The zero-order valence-corrected chi connectivity index (χ0v) is 30.2. The molecule has 0 radical (unpaired) electrons. The SMILES string of the molecule is CCOC(=O)C[C@H](NC(=O)C(CC(C)C)n1cc(CCN(C)C)c(C(F)(F)F)cc1=O)c1c(F)c(-c2c(C)ccc(C)c2C)cc(C(F)(F)F)c1F. The number of likely N-dealkylation sites (N-methyl/N-ethyl adjacent to an activating group) is 1. The van der Waals surface area contributed by atoms with Gasteiger partial charge in [-0.25, -0.2) is 8.78 Å². The molecule has 1 aromatic heterocycles. The molecular formula is C37H43F8N3O4. The molecule has 1 amide bonds. The number of benzene rings is 2. The van der Waals surface area contributed by atoms with Gasteiger partial charge in [0.2, 0.25) is 5.91 Å². The Balaban J connectivity index is 2.33. The molecule has 0 spiro atoms. The number of pyridine rings is 1. The first-order valence-corrected chi connectivity index (χ1v) is 16.6. The van der Waals surface area contributed by atoms with Crippen LogP contribution in [-0.4, -0.2) is 48.6 Å². The van der Waals surface area contributed by atoms with Crippen LogP contribution in [0.2, 0.25) is 0 Å². The zero-order valence-electron chi connectivity index (χ0n) is 30.2. The molecule has 0 aliphatic carbocycles. The van der Waals surface area contributed by atoms with Crippen LogP contribution in [0, 0.1) is 38.3 Å². The highest BCUT2D eigenvalue weighted by Crippen LogP contribution is 2.42. The van der Waals surface area contributed by atoms with Crippen molar-refractivity contribution in [3.05, 3.63) is 91.4 Å². The van der Waals surface area contributed by atoms with E-state index in [1.807, 2.05) is 0 Å². The van der Waals surface area contributed by atoms with Gasteiger partial charge in [0.05, 0.1) is 30.2 Å². The molecule has 1 unspecified atom stereocenters. The molecule has 0 fully saturated rings. The molecule has 3 aromatic rings. The third kappa shape index (κ3) is 9.78. The Kier molecular flexibility index (Phi) is 13.5. The Hall–Kier alpha value is -4.27. The van der Waals surface area contributed by atoms with Gasteiger partial charge in [0.15, 0.2) is 0 Å². The predicted octanol–water partition coefficient (Wildman–Crippen LogP) is 8.26. The number of carbonyl (C=O) groups excluding carboxylic acids is 2. The van der Waals surface area contributed by atoms with Crippen LogP contribution in [0.4, 0.5) is 35.1 Å². The number of rotatable bonds is 13. The number of hydrogen-bond donors (Lipinski definition) is 1. The number of hydrogen-bond acceptors (Lipinski definition) is 5. The molecule has 2 atom stereocenters. The van der Waals surface area contributed by atoms with E-state index >= 15 is 8.78 Å². The summed E-state index contributed by atoms with van der Waals surface area (Å²) in [6.45, 7) is 9.36. The fourth-order valence-electron chi connectivity index (χ4n) is 6.03. The molecule has 0 aliphatic heterocycles. The molecule has 0 saturated heterocycles. The number of nitrogens with one attached hydrogen (secondary N) is 1. The molecule has 1 heterocycles. The van der Waals surface area contributed by atoms with E-state index < -0.39 is 82.2 Å². The highest BCUT2D eigenvalue weighted by Gasteiger charge is 2.41. The van der Waals surface area contributed by atoms with E-state index in [-0.39, 0.29) is 43.0 Å². The van der Waals surface area contributed by atoms with Crippen LogP contribution in [0.3, 0.4) is 0 Å². The summed E-state index contributed by atoms with van der Waals surface area (Å²) in [5, 5.41) is 2.27. The lowest BCUT2D eigenvalue weighted by Crippen LogP contribution is -2.41. The third-order valence-electron chi connectivity index (χ3n) is 8.72. The van der Waals surface area contributed by atoms with Crippen LogP contribution >= 0.6 is 0 Å². The van der Waals surface area contributed by atoms with Crippen molar-refractivity contribution in [1.82, 2.24) is 14.8 Å². The van der Waals surface area contributed by atoms with E-state index in [2.05, 4.69) is 5.32 Å². The van der Waals surface area contributed by atoms with Crippen molar-refractivity contribution in [2.45, 2.75) is 85.2 Å². The van der Waals surface area contributed by atoms with Gasteiger partial charge < -0.3 is 19.5 Å². The summed E-state index contributed by atoms with van der Waals surface area (Å²) < 4.78 is 124. The molecule has 2 aromatic carbocycles. The number of esters is 1. The minimum absolute atomic E-state index is 0.0460. The molecule has 0 bridgehead atoms. The lowest BCUT2D eigenvalue weighted by Gasteiger charge is -2.28. The smallest absolute Gasteiger partial charge is 0.419 e. The first-order valence-electron chi connectivity index (χ1n) is 16.6. The first-order chi connectivity index (χ1) is 24.0. The van der Waals surface area contributed by atoms with E-state index in [0.29, 0.717) is 28.8 Å². The second-order valence-electron chi connectivity index (χ2n) is 13.4. The van der Waals surface area contributed by atoms with E-state index in [0.717, 1.165) is 10.8 Å². The van der Waals surface area contributed by atoms with Gasteiger partial charge in [-0.1, -0.05) is 26.0 Å². The van der Waals surface area contributed by atoms with Gasteiger partial charge >= 0.3 is 18.3 Å². The Morgan fingerprint density at radius 2 is 1.52 bits per heavy atom. The molecule has 1 N–H and O–H groups in total. The average molecular weight is 746 g/mol. The van der Waals surface area contributed by atoms with Crippen LogP contribution in [0.1, 0.15) is 84.6 Å². The van der Waals surface area contributed by atoms with E-state index in [9.17, 15) is 40.7 Å². The van der Waals surface area contributed by atoms with Gasteiger partial charge in [-0.2, -0.15) is 26.3 Å². The molecule has 15 heteroatoms. The highest BCUT2D eigenvalue weighted by atomic mass is 19.4. The lowest BCUT2D eigenvalue weighted by atomic mass is 9.87. The molecular weight excluding hydrogens is 702 g/mol. The summed E-state index contributed by atoms with van der Waals surface area (Å²) in [5.74, 6) is -6.24. The minimum atomic E-state index is -5.35. The summed E-state index contributed by atoms with van der Waals surface area (Å²) in [6.07, 6.45) is -10.7. The summed E-state index contributed by atoms with van der Waals surface area (Å²) in [6, 6.07) is 0.212.